The van der Waals surface area contributed by atoms with E-state index in [4.69, 9.17) is 9.47 Å². The summed E-state index contributed by atoms with van der Waals surface area (Å²) in [7, 11) is 0. The van der Waals surface area contributed by atoms with Crippen molar-refractivity contribution in [3.05, 3.63) is 0 Å². The van der Waals surface area contributed by atoms with Gasteiger partial charge in [-0.3, -0.25) is 0 Å². The van der Waals surface area contributed by atoms with Gasteiger partial charge in [-0.2, -0.15) is 0 Å². The van der Waals surface area contributed by atoms with E-state index >= 15 is 0 Å². The minimum atomic E-state index is -0.738. The third-order valence-electron chi connectivity index (χ3n) is 1.85. The van der Waals surface area contributed by atoms with Crippen molar-refractivity contribution in [1.29, 1.82) is 0 Å². The maximum atomic E-state index is 10.6. The summed E-state index contributed by atoms with van der Waals surface area (Å²) in [6.45, 7) is 8.17. The third kappa shape index (κ3) is 1.84. The molecule has 1 rings (SSSR count). The normalized spacial score (nSPS) is 36.8. The number of hydrogen-bond acceptors (Lipinski definition) is 3. The highest BCUT2D eigenvalue weighted by molar-refractivity contribution is 5.62. The summed E-state index contributed by atoms with van der Waals surface area (Å²) in [6.07, 6.45) is 0.534. The van der Waals surface area contributed by atoms with E-state index in [2.05, 4.69) is 0 Å². The summed E-state index contributed by atoms with van der Waals surface area (Å²) in [5.41, 5.74) is -0.807. The van der Waals surface area contributed by atoms with Gasteiger partial charge in [0.05, 0.1) is 6.61 Å². The van der Waals surface area contributed by atoms with Crippen molar-refractivity contribution < 1.29 is 14.3 Å². The van der Waals surface area contributed by atoms with Gasteiger partial charge in [0.2, 0.25) is 0 Å². The predicted molar refractivity (Wildman–Crippen MR) is 44.7 cm³/mol. The van der Waals surface area contributed by atoms with E-state index in [0.717, 1.165) is 6.29 Å². The van der Waals surface area contributed by atoms with E-state index in [1.165, 1.54) is 0 Å². The van der Waals surface area contributed by atoms with E-state index in [-0.39, 0.29) is 11.7 Å². The Morgan fingerprint density at radius 3 is 2.33 bits per heavy atom. The topological polar surface area (TPSA) is 35.5 Å². The second-order valence-corrected chi connectivity index (χ2v) is 4.56. The Bertz CT molecular complexity index is 183. The Balaban J connectivity index is 2.63. The second kappa shape index (κ2) is 2.82. The molecule has 0 aromatic heterocycles. The van der Waals surface area contributed by atoms with Crippen LogP contribution in [0.4, 0.5) is 0 Å². The van der Waals surface area contributed by atoms with Crippen molar-refractivity contribution in [3.8, 4) is 0 Å². The van der Waals surface area contributed by atoms with Crippen molar-refractivity contribution in [3.63, 3.8) is 0 Å². The first kappa shape index (κ1) is 9.68. The van der Waals surface area contributed by atoms with Crippen molar-refractivity contribution in [2.75, 3.05) is 6.61 Å². The standard InChI is InChI=1S/C9H16O3/c1-8(2,3)7-11-6-9(4,5-10)12-7/h5,7H,6H2,1-4H3. The van der Waals surface area contributed by atoms with Crippen LogP contribution in [0, 0.1) is 5.41 Å². The molecule has 3 nitrogen and oxygen atoms in total. The fourth-order valence-electron chi connectivity index (χ4n) is 1.04. The molecule has 0 radical (unpaired) electrons. The Hall–Kier alpha value is -0.410. The van der Waals surface area contributed by atoms with Crippen LogP contribution in [-0.2, 0) is 14.3 Å². The predicted octanol–water partition coefficient (Wildman–Crippen LogP) is 1.36. The maximum absolute atomic E-state index is 10.6. The van der Waals surface area contributed by atoms with E-state index in [0.29, 0.717) is 6.61 Å². The maximum Gasteiger partial charge on any atom is 0.163 e. The van der Waals surface area contributed by atoms with Gasteiger partial charge in [0.15, 0.2) is 12.6 Å². The zero-order chi connectivity index (χ0) is 9.41. The molecule has 0 aliphatic carbocycles. The minimum Gasteiger partial charge on any atom is -0.349 e. The molecule has 70 valence electrons. The summed E-state index contributed by atoms with van der Waals surface area (Å²) in [5, 5.41) is 0. The third-order valence-corrected chi connectivity index (χ3v) is 1.85. The van der Waals surface area contributed by atoms with E-state index in [9.17, 15) is 4.79 Å². The number of ether oxygens (including phenoxy) is 2. The van der Waals surface area contributed by atoms with Crippen LogP contribution in [0.5, 0.6) is 0 Å². The van der Waals surface area contributed by atoms with Crippen LogP contribution in [-0.4, -0.2) is 24.8 Å². The molecule has 0 aromatic carbocycles. The van der Waals surface area contributed by atoms with E-state index in [1.807, 2.05) is 20.8 Å². The molecular formula is C9H16O3. The minimum absolute atomic E-state index is 0.0687. The Morgan fingerprint density at radius 2 is 2.08 bits per heavy atom. The van der Waals surface area contributed by atoms with E-state index < -0.39 is 5.60 Å². The molecule has 1 aliphatic rings. The number of carbonyl (C=O) groups excluding carboxylic acids is 1. The quantitative estimate of drug-likeness (QED) is 0.560. The highest BCUT2D eigenvalue weighted by Crippen LogP contribution is 2.32. The van der Waals surface area contributed by atoms with Gasteiger partial charge in [-0.05, 0) is 6.92 Å². The lowest BCUT2D eigenvalue weighted by Gasteiger charge is -2.26. The van der Waals surface area contributed by atoms with Crippen molar-refractivity contribution in [2.45, 2.75) is 39.6 Å². The summed E-state index contributed by atoms with van der Waals surface area (Å²) >= 11 is 0. The molecule has 1 fully saturated rings. The lowest BCUT2D eigenvalue weighted by molar-refractivity contribution is -0.151. The van der Waals surface area contributed by atoms with Crippen LogP contribution in [0.25, 0.3) is 0 Å². The van der Waals surface area contributed by atoms with Crippen LogP contribution in [0.3, 0.4) is 0 Å². The number of rotatable bonds is 1. The molecule has 0 spiro atoms. The Morgan fingerprint density at radius 1 is 1.50 bits per heavy atom. The Kier molecular flexibility index (Phi) is 2.27. The van der Waals surface area contributed by atoms with E-state index in [1.54, 1.807) is 6.92 Å². The molecule has 1 saturated heterocycles. The zero-order valence-electron chi connectivity index (χ0n) is 8.09. The van der Waals surface area contributed by atoms with Crippen LogP contribution in [0.1, 0.15) is 27.7 Å². The molecule has 3 heteroatoms. The summed E-state index contributed by atoms with van der Waals surface area (Å²) in [4.78, 5) is 10.6. The number of carbonyl (C=O) groups is 1. The highest BCUT2D eigenvalue weighted by atomic mass is 16.7. The lowest BCUT2D eigenvalue weighted by Crippen LogP contribution is -2.33. The highest BCUT2D eigenvalue weighted by Gasteiger charge is 2.42. The molecule has 2 unspecified atom stereocenters. The SMILES string of the molecule is CC1(C=O)COC(C(C)(C)C)O1. The van der Waals surface area contributed by atoms with Gasteiger partial charge in [0.1, 0.15) is 5.60 Å². The van der Waals surface area contributed by atoms with Gasteiger partial charge >= 0.3 is 0 Å². The molecule has 0 saturated carbocycles. The average Bonchev–Trinajstić information content (AvgIpc) is 2.32. The molecule has 2 atom stereocenters. The fraction of sp³-hybridized carbons (Fsp3) is 0.889. The molecule has 0 amide bonds. The molecule has 1 aliphatic heterocycles. The van der Waals surface area contributed by atoms with Gasteiger partial charge < -0.3 is 14.3 Å². The summed E-state index contributed by atoms with van der Waals surface area (Å²) < 4.78 is 10.8. The van der Waals surface area contributed by atoms with Crippen molar-refractivity contribution in [2.24, 2.45) is 5.41 Å². The first-order valence-corrected chi connectivity index (χ1v) is 4.13. The summed E-state index contributed by atoms with van der Waals surface area (Å²) in [5.74, 6) is 0. The van der Waals surface area contributed by atoms with Crippen LogP contribution >= 0.6 is 0 Å². The van der Waals surface area contributed by atoms with Crippen LogP contribution < -0.4 is 0 Å². The molecule has 0 aromatic rings. The van der Waals surface area contributed by atoms with Crippen LogP contribution in [0.2, 0.25) is 0 Å². The molecule has 0 bridgehead atoms. The average molecular weight is 172 g/mol. The van der Waals surface area contributed by atoms with Gasteiger partial charge in [-0.25, -0.2) is 0 Å². The zero-order valence-corrected chi connectivity index (χ0v) is 8.09. The molecule has 1 heterocycles. The monoisotopic (exact) mass is 172 g/mol. The fourth-order valence-corrected chi connectivity index (χ4v) is 1.04. The first-order valence-electron chi connectivity index (χ1n) is 4.13. The van der Waals surface area contributed by atoms with Crippen molar-refractivity contribution in [1.82, 2.24) is 0 Å². The largest absolute Gasteiger partial charge is 0.349 e. The first-order chi connectivity index (χ1) is 5.37. The molecule has 0 N–H and O–H groups in total. The van der Waals surface area contributed by atoms with Crippen LogP contribution in [0.15, 0.2) is 0 Å². The van der Waals surface area contributed by atoms with Gasteiger partial charge in [0.25, 0.3) is 0 Å². The smallest absolute Gasteiger partial charge is 0.163 e. The molecular weight excluding hydrogens is 156 g/mol. The van der Waals surface area contributed by atoms with Gasteiger partial charge in [-0.1, -0.05) is 20.8 Å². The van der Waals surface area contributed by atoms with Crippen molar-refractivity contribution >= 4 is 6.29 Å². The Labute approximate surface area is 73.0 Å². The number of hydrogen-bond donors (Lipinski definition) is 0. The molecule has 12 heavy (non-hydrogen) atoms. The summed E-state index contributed by atoms with van der Waals surface area (Å²) in [6, 6.07) is 0. The van der Waals surface area contributed by atoms with Gasteiger partial charge in [-0.15, -0.1) is 0 Å². The second-order valence-electron chi connectivity index (χ2n) is 4.56. The lowest BCUT2D eigenvalue weighted by atomic mass is 9.96. The van der Waals surface area contributed by atoms with Gasteiger partial charge in [0, 0.05) is 5.41 Å². The number of aldehydes is 1.